The molecular formula is C10H9Cl2NO2. The van der Waals surface area contributed by atoms with E-state index in [0.717, 1.165) is 0 Å². The van der Waals surface area contributed by atoms with Gasteiger partial charge < -0.3 is 5.32 Å². The molecule has 1 aromatic carbocycles. The zero-order chi connectivity index (χ0) is 11.4. The SMILES string of the molecule is CC(=O)NCC(=O)c1cccc(Cl)c1Cl. The van der Waals surface area contributed by atoms with Crippen LogP contribution in [0.2, 0.25) is 10.0 Å². The van der Waals surface area contributed by atoms with Crippen LogP contribution in [0.1, 0.15) is 17.3 Å². The molecule has 0 saturated carbocycles. The molecule has 5 heteroatoms. The van der Waals surface area contributed by atoms with Gasteiger partial charge in [0.2, 0.25) is 5.91 Å². The van der Waals surface area contributed by atoms with Crippen molar-refractivity contribution in [3.8, 4) is 0 Å². The minimum atomic E-state index is -0.266. The van der Waals surface area contributed by atoms with Gasteiger partial charge in [-0.3, -0.25) is 9.59 Å². The first kappa shape index (κ1) is 12.0. The molecule has 0 aliphatic rings. The van der Waals surface area contributed by atoms with Crippen LogP contribution in [0.4, 0.5) is 0 Å². The Morgan fingerprint density at radius 2 is 2.00 bits per heavy atom. The van der Waals surface area contributed by atoms with Crippen molar-refractivity contribution in [2.45, 2.75) is 6.92 Å². The Kier molecular flexibility index (Phi) is 4.12. The van der Waals surface area contributed by atoms with Crippen LogP contribution in [-0.4, -0.2) is 18.2 Å². The van der Waals surface area contributed by atoms with E-state index in [1.54, 1.807) is 18.2 Å². The molecule has 0 aliphatic carbocycles. The lowest BCUT2D eigenvalue weighted by atomic mass is 10.1. The smallest absolute Gasteiger partial charge is 0.217 e. The molecule has 80 valence electrons. The van der Waals surface area contributed by atoms with Crippen LogP contribution in [0.5, 0.6) is 0 Å². The molecule has 15 heavy (non-hydrogen) atoms. The van der Waals surface area contributed by atoms with E-state index >= 15 is 0 Å². The zero-order valence-electron chi connectivity index (χ0n) is 8.01. The highest BCUT2D eigenvalue weighted by atomic mass is 35.5. The summed E-state index contributed by atoms with van der Waals surface area (Å²) in [6.07, 6.45) is 0. The van der Waals surface area contributed by atoms with Crippen LogP contribution >= 0.6 is 23.2 Å². The van der Waals surface area contributed by atoms with E-state index in [1.807, 2.05) is 0 Å². The fourth-order valence-electron chi connectivity index (χ4n) is 1.02. The zero-order valence-corrected chi connectivity index (χ0v) is 9.52. The molecular weight excluding hydrogens is 237 g/mol. The first-order chi connectivity index (χ1) is 7.02. The minimum Gasteiger partial charge on any atom is -0.349 e. The van der Waals surface area contributed by atoms with E-state index < -0.39 is 0 Å². The fourth-order valence-corrected chi connectivity index (χ4v) is 1.43. The maximum Gasteiger partial charge on any atom is 0.217 e. The average molecular weight is 246 g/mol. The van der Waals surface area contributed by atoms with Crippen molar-refractivity contribution in [2.24, 2.45) is 0 Å². The normalized spacial score (nSPS) is 9.80. The van der Waals surface area contributed by atoms with Crippen LogP contribution in [0, 0.1) is 0 Å². The second-order valence-corrected chi connectivity index (χ2v) is 3.72. The van der Waals surface area contributed by atoms with Gasteiger partial charge >= 0.3 is 0 Å². The number of ketones is 1. The molecule has 0 atom stereocenters. The third kappa shape index (κ3) is 3.22. The summed E-state index contributed by atoms with van der Waals surface area (Å²) in [4.78, 5) is 22.2. The van der Waals surface area contributed by atoms with Gasteiger partial charge in [0.25, 0.3) is 0 Å². The Labute approximate surface area is 97.4 Å². The van der Waals surface area contributed by atoms with Gasteiger partial charge in [0.05, 0.1) is 16.6 Å². The molecule has 0 heterocycles. The first-order valence-electron chi connectivity index (χ1n) is 4.24. The summed E-state index contributed by atoms with van der Waals surface area (Å²) < 4.78 is 0. The van der Waals surface area contributed by atoms with E-state index in [2.05, 4.69) is 5.32 Å². The Morgan fingerprint density at radius 1 is 1.33 bits per heavy atom. The van der Waals surface area contributed by atoms with Gasteiger partial charge in [0.15, 0.2) is 5.78 Å². The molecule has 1 aromatic rings. The summed E-state index contributed by atoms with van der Waals surface area (Å²) >= 11 is 11.6. The van der Waals surface area contributed by atoms with Gasteiger partial charge in [-0.1, -0.05) is 29.3 Å². The number of Topliss-reactive ketones (excluding diaryl/α,β-unsaturated/α-hetero) is 1. The summed E-state index contributed by atoms with van der Waals surface area (Å²) in [5.41, 5.74) is 0.318. The number of carbonyl (C=O) groups is 2. The lowest BCUT2D eigenvalue weighted by Crippen LogP contribution is -2.27. The molecule has 3 nitrogen and oxygen atoms in total. The van der Waals surface area contributed by atoms with Gasteiger partial charge in [-0.05, 0) is 12.1 Å². The summed E-state index contributed by atoms with van der Waals surface area (Å²) in [5.74, 6) is -0.529. The third-order valence-electron chi connectivity index (χ3n) is 1.75. The molecule has 0 fully saturated rings. The van der Waals surface area contributed by atoms with Gasteiger partial charge in [-0.2, -0.15) is 0 Å². The highest BCUT2D eigenvalue weighted by Gasteiger charge is 2.12. The van der Waals surface area contributed by atoms with Crippen molar-refractivity contribution >= 4 is 34.9 Å². The predicted octanol–water partition coefficient (Wildman–Crippen LogP) is 2.31. The van der Waals surface area contributed by atoms with E-state index in [9.17, 15) is 9.59 Å². The summed E-state index contributed by atoms with van der Waals surface area (Å²) in [7, 11) is 0. The van der Waals surface area contributed by atoms with Crippen LogP contribution in [0.25, 0.3) is 0 Å². The maximum absolute atomic E-state index is 11.6. The highest BCUT2D eigenvalue weighted by Crippen LogP contribution is 2.25. The number of rotatable bonds is 3. The molecule has 0 saturated heterocycles. The Morgan fingerprint density at radius 3 is 2.60 bits per heavy atom. The second-order valence-electron chi connectivity index (χ2n) is 2.93. The number of carbonyl (C=O) groups excluding carboxylic acids is 2. The van der Waals surface area contributed by atoms with Gasteiger partial charge in [-0.25, -0.2) is 0 Å². The number of amides is 1. The Balaban J connectivity index is 2.82. The number of benzene rings is 1. The summed E-state index contributed by atoms with van der Waals surface area (Å²) in [6.45, 7) is 1.27. The molecule has 0 unspecified atom stereocenters. The van der Waals surface area contributed by atoms with Crippen molar-refractivity contribution in [1.82, 2.24) is 5.32 Å². The molecule has 1 amide bonds. The van der Waals surface area contributed by atoms with Crippen molar-refractivity contribution in [3.63, 3.8) is 0 Å². The van der Waals surface area contributed by atoms with Crippen LogP contribution < -0.4 is 5.32 Å². The van der Waals surface area contributed by atoms with Crippen LogP contribution in [0.3, 0.4) is 0 Å². The molecule has 1 rings (SSSR count). The van der Waals surface area contributed by atoms with Gasteiger partial charge in [0.1, 0.15) is 0 Å². The maximum atomic E-state index is 11.6. The quantitative estimate of drug-likeness (QED) is 0.832. The van der Waals surface area contributed by atoms with E-state index in [1.165, 1.54) is 6.92 Å². The molecule has 0 aromatic heterocycles. The number of hydrogen-bond donors (Lipinski definition) is 1. The van der Waals surface area contributed by atoms with Crippen molar-refractivity contribution in [2.75, 3.05) is 6.54 Å². The van der Waals surface area contributed by atoms with Crippen LogP contribution in [-0.2, 0) is 4.79 Å². The average Bonchev–Trinajstić information content (AvgIpc) is 2.18. The van der Waals surface area contributed by atoms with E-state index in [-0.39, 0.29) is 23.3 Å². The lowest BCUT2D eigenvalue weighted by molar-refractivity contribution is -0.118. The van der Waals surface area contributed by atoms with Crippen molar-refractivity contribution in [1.29, 1.82) is 0 Å². The molecule has 1 N–H and O–H groups in total. The molecule has 0 radical (unpaired) electrons. The topological polar surface area (TPSA) is 46.2 Å². The predicted molar refractivity (Wildman–Crippen MR) is 59.5 cm³/mol. The lowest BCUT2D eigenvalue weighted by Gasteiger charge is -2.04. The minimum absolute atomic E-state index is 0.0740. The second kappa shape index (κ2) is 5.14. The largest absolute Gasteiger partial charge is 0.349 e. The number of halogens is 2. The third-order valence-corrected chi connectivity index (χ3v) is 2.57. The summed E-state index contributed by atoms with van der Waals surface area (Å²) in [6, 6.07) is 4.80. The highest BCUT2D eigenvalue weighted by molar-refractivity contribution is 6.44. The van der Waals surface area contributed by atoms with Crippen LogP contribution in [0.15, 0.2) is 18.2 Å². The molecule has 0 spiro atoms. The molecule has 0 aliphatic heterocycles. The van der Waals surface area contributed by atoms with Gasteiger partial charge in [0, 0.05) is 12.5 Å². The van der Waals surface area contributed by atoms with E-state index in [4.69, 9.17) is 23.2 Å². The Bertz CT molecular complexity index is 404. The van der Waals surface area contributed by atoms with Crippen molar-refractivity contribution < 1.29 is 9.59 Å². The first-order valence-corrected chi connectivity index (χ1v) is 4.99. The number of hydrogen-bond acceptors (Lipinski definition) is 2. The summed E-state index contributed by atoms with van der Waals surface area (Å²) in [5, 5.41) is 2.94. The fraction of sp³-hybridized carbons (Fsp3) is 0.200. The monoisotopic (exact) mass is 245 g/mol. The number of nitrogens with one attached hydrogen (secondary N) is 1. The molecule has 0 bridgehead atoms. The van der Waals surface area contributed by atoms with Gasteiger partial charge in [-0.15, -0.1) is 0 Å². The van der Waals surface area contributed by atoms with E-state index in [0.29, 0.717) is 10.6 Å². The standard InChI is InChI=1S/C10H9Cl2NO2/c1-6(14)13-5-9(15)7-3-2-4-8(11)10(7)12/h2-4H,5H2,1H3,(H,13,14). The van der Waals surface area contributed by atoms with Crippen molar-refractivity contribution in [3.05, 3.63) is 33.8 Å². The Hall–Kier alpha value is -1.06.